The predicted molar refractivity (Wildman–Crippen MR) is 68.7 cm³/mol. The summed E-state index contributed by atoms with van der Waals surface area (Å²) in [7, 11) is 0. The van der Waals surface area contributed by atoms with Crippen molar-refractivity contribution >= 4 is 11.6 Å². The van der Waals surface area contributed by atoms with Gasteiger partial charge in [-0.3, -0.25) is 0 Å². The van der Waals surface area contributed by atoms with Crippen LogP contribution in [0.5, 0.6) is 0 Å². The fourth-order valence-electron chi connectivity index (χ4n) is 2.64. The van der Waals surface area contributed by atoms with Gasteiger partial charge in [0.25, 0.3) is 0 Å². The summed E-state index contributed by atoms with van der Waals surface area (Å²) >= 11 is 6.30. The predicted octanol–water partition coefficient (Wildman–Crippen LogP) is 2.66. The number of halogens is 1. The maximum atomic E-state index is 6.30. The van der Waals surface area contributed by atoms with Crippen LogP contribution < -0.4 is 11.1 Å². The molecule has 1 fully saturated rings. The number of benzene rings is 1. The van der Waals surface area contributed by atoms with Gasteiger partial charge >= 0.3 is 0 Å². The van der Waals surface area contributed by atoms with E-state index in [0.717, 1.165) is 24.4 Å². The van der Waals surface area contributed by atoms with Crippen molar-refractivity contribution in [3.63, 3.8) is 0 Å². The molecule has 0 spiro atoms. The maximum Gasteiger partial charge on any atom is 0.0461 e. The van der Waals surface area contributed by atoms with E-state index in [-0.39, 0.29) is 5.54 Å². The summed E-state index contributed by atoms with van der Waals surface area (Å²) in [5, 5.41) is 4.48. The Hall–Kier alpha value is -0.570. The molecule has 88 valence electrons. The SMILES string of the molecule is NCCC1(c2ccccc2Cl)CCCCN1. The molecule has 2 nitrogen and oxygen atoms in total. The molecule has 0 amide bonds. The molecule has 1 aliphatic rings. The average molecular weight is 239 g/mol. The van der Waals surface area contributed by atoms with Crippen LogP contribution in [0.1, 0.15) is 31.2 Å². The molecule has 0 radical (unpaired) electrons. The second-order valence-electron chi connectivity index (χ2n) is 4.48. The molecule has 1 aliphatic heterocycles. The van der Waals surface area contributed by atoms with Gasteiger partial charge in [-0.15, -0.1) is 0 Å². The van der Waals surface area contributed by atoms with Crippen molar-refractivity contribution in [3.05, 3.63) is 34.9 Å². The molecular formula is C13H19ClN2. The van der Waals surface area contributed by atoms with E-state index in [1.807, 2.05) is 12.1 Å². The monoisotopic (exact) mass is 238 g/mol. The van der Waals surface area contributed by atoms with E-state index < -0.39 is 0 Å². The van der Waals surface area contributed by atoms with Crippen LogP contribution in [-0.4, -0.2) is 13.1 Å². The molecule has 1 aromatic carbocycles. The van der Waals surface area contributed by atoms with Gasteiger partial charge in [-0.1, -0.05) is 36.2 Å². The van der Waals surface area contributed by atoms with Gasteiger partial charge in [0.2, 0.25) is 0 Å². The molecule has 2 rings (SSSR count). The zero-order valence-corrected chi connectivity index (χ0v) is 10.3. The fourth-order valence-corrected chi connectivity index (χ4v) is 2.96. The summed E-state index contributed by atoms with van der Waals surface area (Å²) in [4.78, 5) is 0. The highest BCUT2D eigenvalue weighted by Gasteiger charge is 2.34. The zero-order valence-electron chi connectivity index (χ0n) is 9.51. The summed E-state index contributed by atoms with van der Waals surface area (Å²) < 4.78 is 0. The van der Waals surface area contributed by atoms with Gasteiger partial charge in [0, 0.05) is 10.6 Å². The number of rotatable bonds is 3. The Labute approximate surface area is 102 Å². The average Bonchev–Trinajstić information content (AvgIpc) is 2.31. The van der Waals surface area contributed by atoms with Gasteiger partial charge in [0.05, 0.1) is 0 Å². The van der Waals surface area contributed by atoms with Crippen molar-refractivity contribution in [3.8, 4) is 0 Å². The lowest BCUT2D eigenvalue weighted by molar-refractivity contribution is 0.243. The van der Waals surface area contributed by atoms with Crippen LogP contribution in [0.2, 0.25) is 5.02 Å². The van der Waals surface area contributed by atoms with Crippen LogP contribution in [0.3, 0.4) is 0 Å². The topological polar surface area (TPSA) is 38.0 Å². The first-order chi connectivity index (χ1) is 7.78. The highest BCUT2D eigenvalue weighted by Crippen LogP contribution is 2.36. The quantitative estimate of drug-likeness (QED) is 0.850. The first kappa shape index (κ1) is 11.9. The van der Waals surface area contributed by atoms with E-state index in [1.165, 1.54) is 18.4 Å². The van der Waals surface area contributed by atoms with Crippen molar-refractivity contribution in [2.75, 3.05) is 13.1 Å². The number of hydrogen-bond donors (Lipinski definition) is 2. The summed E-state index contributed by atoms with van der Waals surface area (Å²) in [6, 6.07) is 8.11. The van der Waals surface area contributed by atoms with Crippen molar-refractivity contribution in [1.82, 2.24) is 5.32 Å². The molecule has 1 saturated heterocycles. The minimum Gasteiger partial charge on any atom is -0.330 e. The molecule has 1 atom stereocenters. The van der Waals surface area contributed by atoms with E-state index in [2.05, 4.69) is 17.4 Å². The van der Waals surface area contributed by atoms with Crippen LogP contribution in [0.15, 0.2) is 24.3 Å². The zero-order chi connectivity index (χ0) is 11.4. The Morgan fingerprint density at radius 2 is 2.12 bits per heavy atom. The molecule has 3 heteroatoms. The van der Waals surface area contributed by atoms with E-state index in [4.69, 9.17) is 17.3 Å². The number of nitrogens with two attached hydrogens (primary N) is 1. The molecule has 0 aliphatic carbocycles. The van der Waals surface area contributed by atoms with Crippen LogP contribution in [0.25, 0.3) is 0 Å². The third-order valence-corrected chi connectivity index (χ3v) is 3.78. The Bertz CT molecular complexity index is 340. The summed E-state index contributed by atoms with van der Waals surface area (Å²) in [5.41, 5.74) is 6.96. The van der Waals surface area contributed by atoms with Gasteiger partial charge in [0.1, 0.15) is 0 Å². The molecule has 1 heterocycles. The molecule has 0 saturated carbocycles. The summed E-state index contributed by atoms with van der Waals surface area (Å²) in [5.74, 6) is 0. The smallest absolute Gasteiger partial charge is 0.0461 e. The van der Waals surface area contributed by atoms with Crippen molar-refractivity contribution in [1.29, 1.82) is 0 Å². The van der Waals surface area contributed by atoms with E-state index >= 15 is 0 Å². The highest BCUT2D eigenvalue weighted by atomic mass is 35.5. The second-order valence-corrected chi connectivity index (χ2v) is 4.89. The van der Waals surface area contributed by atoms with Crippen LogP contribution >= 0.6 is 11.6 Å². The molecule has 3 N–H and O–H groups in total. The molecule has 0 aromatic heterocycles. The standard InChI is InChI=1S/C13H19ClN2/c14-12-6-2-1-5-11(12)13(8-9-15)7-3-4-10-16-13/h1-2,5-6,16H,3-4,7-10,15H2. The molecular weight excluding hydrogens is 220 g/mol. The maximum absolute atomic E-state index is 6.30. The number of hydrogen-bond acceptors (Lipinski definition) is 2. The molecule has 16 heavy (non-hydrogen) atoms. The Balaban J connectivity index is 2.34. The van der Waals surface area contributed by atoms with Crippen LogP contribution in [0.4, 0.5) is 0 Å². The first-order valence-electron chi connectivity index (χ1n) is 5.99. The Kier molecular flexibility index (Phi) is 3.85. The van der Waals surface area contributed by atoms with Crippen LogP contribution in [-0.2, 0) is 5.54 Å². The Morgan fingerprint density at radius 1 is 1.31 bits per heavy atom. The van der Waals surface area contributed by atoms with Crippen molar-refractivity contribution in [2.24, 2.45) is 5.73 Å². The third kappa shape index (κ3) is 2.24. The summed E-state index contributed by atoms with van der Waals surface area (Å²) in [6.45, 7) is 1.75. The van der Waals surface area contributed by atoms with Gasteiger partial charge in [-0.2, -0.15) is 0 Å². The Morgan fingerprint density at radius 3 is 2.75 bits per heavy atom. The molecule has 0 bridgehead atoms. The van der Waals surface area contributed by atoms with Crippen molar-refractivity contribution in [2.45, 2.75) is 31.2 Å². The largest absolute Gasteiger partial charge is 0.330 e. The van der Waals surface area contributed by atoms with Gasteiger partial charge in [-0.25, -0.2) is 0 Å². The normalized spacial score (nSPS) is 25.6. The fraction of sp³-hybridized carbons (Fsp3) is 0.538. The lowest BCUT2D eigenvalue weighted by Crippen LogP contribution is -2.47. The second kappa shape index (κ2) is 5.17. The van der Waals surface area contributed by atoms with Crippen LogP contribution in [0, 0.1) is 0 Å². The van der Waals surface area contributed by atoms with Gasteiger partial charge < -0.3 is 11.1 Å². The van der Waals surface area contributed by atoms with Gasteiger partial charge in [0.15, 0.2) is 0 Å². The van der Waals surface area contributed by atoms with E-state index in [1.54, 1.807) is 0 Å². The summed E-state index contributed by atoms with van der Waals surface area (Å²) in [6.07, 6.45) is 4.58. The van der Waals surface area contributed by atoms with Crippen molar-refractivity contribution < 1.29 is 0 Å². The third-order valence-electron chi connectivity index (χ3n) is 3.45. The molecule has 1 unspecified atom stereocenters. The highest BCUT2D eigenvalue weighted by molar-refractivity contribution is 6.31. The minimum absolute atomic E-state index is 0.00530. The lowest BCUT2D eigenvalue weighted by atomic mass is 9.79. The minimum atomic E-state index is 0.00530. The lowest BCUT2D eigenvalue weighted by Gasteiger charge is -2.39. The van der Waals surface area contributed by atoms with E-state index in [9.17, 15) is 0 Å². The first-order valence-corrected chi connectivity index (χ1v) is 6.36. The number of nitrogens with one attached hydrogen (secondary N) is 1. The van der Waals surface area contributed by atoms with Gasteiger partial charge in [-0.05, 0) is 44.0 Å². The molecule has 1 aromatic rings. The number of piperidine rings is 1. The van der Waals surface area contributed by atoms with E-state index in [0.29, 0.717) is 6.54 Å².